The smallest absolute Gasteiger partial charge is 0.119 e. The van der Waals surface area contributed by atoms with Gasteiger partial charge in [-0.1, -0.05) is 0 Å². The highest BCUT2D eigenvalue weighted by atomic mass is 32.1. The number of aromatic nitrogens is 1. The molecule has 0 radical (unpaired) electrons. The quantitative estimate of drug-likeness (QED) is 0.543. The second kappa shape index (κ2) is 5.98. The number of ether oxygens (including phenoxy) is 1. The first-order chi connectivity index (χ1) is 8.35. The summed E-state index contributed by atoms with van der Waals surface area (Å²) in [6, 6.07) is 6.11. The lowest BCUT2D eigenvalue weighted by molar-refractivity contribution is 0.415. The Hall–Kier alpha value is -1.13. The first-order valence-corrected chi connectivity index (χ1v) is 6.44. The topological polar surface area (TPSA) is 37.0 Å². The van der Waals surface area contributed by atoms with Gasteiger partial charge in [-0.25, -0.2) is 0 Å². The van der Waals surface area contributed by atoms with Crippen LogP contribution in [0.3, 0.4) is 0 Å². The molecule has 0 saturated heterocycles. The number of benzene rings is 1. The van der Waals surface area contributed by atoms with E-state index < -0.39 is 0 Å². The van der Waals surface area contributed by atoms with E-state index in [0.29, 0.717) is 0 Å². The van der Waals surface area contributed by atoms with Crippen LogP contribution in [0.1, 0.15) is 5.56 Å². The second-order valence-electron chi connectivity index (χ2n) is 3.95. The summed E-state index contributed by atoms with van der Waals surface area (Å²) in [5, 5.41) is 4.59. The van der Waals surface area contributed by atoms with Crippen molar-refractivity contribution in [3.8, 4) is 5.75 Å². The molecule has 0 aliphatic heterocycles. The second-order valence-corrected chi connectivity index (χ2v) is 4.40. The summed E-state index contributed by atoms with van der Waals surface area (Å²) >= 11 is 4.17. The molecule has 0 atom stereocenters. The molecule has 0 fully saturated rings. The fourth-order valence-corrected chi connectivity index (χ4v) is 2.08. The minimum atomic E-state index is 0.877. The van der Waals surface area contributed by atoms with Crippen LogP contribution < -0.4 is 10.1 Å². The first kappa shape index (κ1) is 12.3. The number of methoxy groups -OCH3 is 1. The van der Waals surface area contributed by atoms with E-state index in [9.17, 15) is 0 Å². The lowest BCUT2D eigenvalue weighted by Crippen LogP contribution is -2.19. The van der Waals surface area contributed by atoms with Crippen molar-refractivity contribution in [2.24, 2.45) is 0 Å². The minimum Gasteiger partial charge on any atom is -0.497 e. The summed E-state index contributed by atoms with van der Waals surface area (Å²) in [5.41, 5.74) is 2.49. The van der Waals surface area contributed by atoms with Gasteiger partial charge in [-0.2, -0.15) is 12.6 Å². The Morgan fingerprint density at radius 3 is 3.00 bits per heavy atom. The third kappa shape index (κ3) is 2.96. The van der Waals surface area contributed by atoms with Gasteiger partial charge in [-0.05, 0) is 36.7 Å². The minimum absolute atomic E-state index is 0.877. The normalized spacial score (nSPS) is 10.9. The molecule has 0 unspecified atom stereocenters. The van der Waals surface area contributed by atoms with E-state index in [-0.39, 0.29) is 0 Å². The van der Waals surface area contributed by atoms with Crippen LogP contribution in [0.5, 0.6) is 5.75 Å². The molecular weight excluding hydrogens is 232 g/mol. The molecule has 1 heterocycles. The highest BCUT2D eigenvalue weighted by Gasteiger charge is 2.04. The number of aromatic amines is 1. The van der Waals surface area contributed by atoms with E-state index in [2.05, 4.69) is 41.3 Å². The Morgan fingerprint density at radius 2 is 2.24 bits per heavy atom. The molecule has 0 aliphatic carbocycles. The van der Waals surface area contributed by atoms with Gasteiger partial charge in [-0.15, -0.1) is 0 Å². The molecule has 2 rings (SSSR count). The van der Waals surface area contributed by atoms with Gasteiger partial charge in [0, 0.05) is 29.4 Å². The summed E-state index contributed by atoms with van der Waals surface area (Å²) in [7, 11) is 1.70. The molecule has 17 heavy (non-hydrogen) atoms. The SMILES string of the molecule is COc1ccc2[nH]cc(CCNCCS)c2c1. The molecule has 0 bridgehead atoms. The van der Waals surface area contributed by atoms with Crippen molar-refractivity contribution < 1.29 is 4.74 Å². The van der Waals surface area contributed by atoms with Gasteiger partial charge in [0.25, 0.3) is 0 Å². The third-order valence-corrected chi connectivity index (χ3v) is 3.06. The molecule has 4 heteroatoms. The largest absolute Gasteiger partial charge is 0.497 e. The van der Waals surface area contributed by atoms with Crippen molar-refractivity contribution in [3.63, 3.8) is 0 Å². The van der Waals surface area contributed by atoms with Crippen molar-refractivity contribution >= 4 is 23.5 Å². The Labute approximate surface area is 107 Å². The van der Waals surface area contributed by atoms with Crippen molar-refractivity contribution in [1.82, 2.24) is 10.3 Å². The van der Waals surface area contributed by atoms with Crippen LogP contribution in [-0.4, -0.2) is 30.9 Å². The highest BCUT2D eigenvalue weighted by Crippen LogP contribution is 2.23. The van der Waals surface area contributed by atoms with Crippen LogP contribution in [0, 0.1) is 0 Å². The molecule has 0 aliphatic rings. The van der Waals surface area contributed by atoms with Crippen molar-refractivity contribution in [1.29, 1.82) is 0 Å². The van der Waals surface area contributed by atoms with E-state index in [1.807, 2.05) is 6.07 Å². The zero-order valence-corrected chi connectivity index (χ0v) is 10.9. The Bertz CT molecular complexity index is 481. The molecule has 0 amide bonds. The third-order valence-electron chi connectivity index (χ3n) is 2.83. The molecule has 3 nitrogen and oxygen atoms in total. The van der Waals surface area contributed by atoms with Crippen LogP contribution in [-0.2, 0) is 6.42 Å². The van der Waals surface area contributed by atoms with Gasteiger partial charge in [0.15, 0.2) is 0 Å². The lowest BCUT2D eigenvalue weighted by Gasteiger charge is -2.03. The fraction of sp³-hybridized carbons (Fsp3) is 0.385. The van der Waals surface area contributed by atoms with Gasteiger partial charge in [0.1, 0.15) is 5.75 Å². The zero-order chi connectivity index (χ0) is 12.1. The summed E-state index contributed by atoms with van der Waals surface area (Å²) in [6.07, 6.45) is 3.09. The standard InChI is InChI=1S/C13H18N2OS/c1-16-11-2-3-13-12(8-11)10(9-15-13)4-5-14-6-7-17/h2-3,8-9,14-15,17H,4-7H2,1H3. The van der Waals surface area contributed by atoms with Gasteiger partial charge < -0.3 is 15.0 Å². The maximum absolute atomic E-state index is 5.25. The average molecular weight is 250 g/mol. The molecule has 0 saturated carbocycles. The predicted octanol–water partition coefficient (Wildman–Crippen LogP) is 2.24. The van der Waals surface area contributed by atoms with Crippen LogP contribution in [0.25, 0.3) is 10.9 Å². The summed E-state index contributed by atoms with van der Waals surface area (Å²) in [6.45, 7) is 1.93. The Balaban J connectivity index is 2.11. The maximum atomic E-state index is 5.25. The molecule has 92 valence electrons. The Morgan fingerprint density at radius 1 is 1.35 bits per heavy atom. The van der Waals surface area contributed by atoms with Crippen molar-refractivity contribution in [3.05, 3.63) is 30.0 Å². The number of rotatable bonds is 6. The molecule has 2 aromatic rings. The molecular formula is C13H18N2OS. The number of thiol groups is 1. The fourth-order valence-electron chi connectivity index (χ4n) is 1.92. The highest BCUT2D eigenvalue weighted by molar-refractivity contribution is 7.80. The van der Waals surface area contributed by atoms with Crippen LogP contribution in [0.4, 0.5) is 0 Å². The number of hydrogen-bond donors (Lipinski definition) is 3. The lowest BCUT2D eigenvalue weighted by atomic mass is 10.1. The van der Waals surface area contributed by atoms with Gasteiger partial charge in [0.05, 0.1) is 7.11 Å². The number of H-pyrrole nitrogens is 1. The predicted molar refractivity (Wildman–Crippen MR) is 75.3 cm³/mol. The van der Waals surface area contributed by atoms with Crippen molar-refractivity contribution in [2.75, 3.05) is 26.0 Å². The maximum Gasteiger partial charge on any atom is 0.119 e. The van der Waals surface area contributed by atoms with E-state index >= 15 is 0 Å². The van der Waals surface area contributed by atoms with Gasteiger partial charge in [-0.3, -0.25) is 0 Å². The molecule has 1 aromatic carbocycles. The van der Waals surface area contributed by atoms with Gasteiger partial charge >= 0.3 is 0 Å². The monoisotopic (exact) mass is 250 g/mol. The van der Waals surface area contributed by atoms with Crippen LogP contribution in [0.15, 0.2) is 24.4 Å². The van der Waals surface area contributed by atoms with E-state index in [1.165, 1.54) is 10.9 Å². The summed E-state index contributed by atoms with van der Waals surface area (Å²) in [4.78, 5) is 3.28. The Kier molecular flexibility index (Phi) is 4.34. The van der Waals surface area contributed by atoms with E-state index in [0.717, 1.165) is 36.5 Å². The number of nitrogens with one attached hydrogen (secondary N) is 2. The van der Waals surface area contributed by atoms with Crippen molar-refractivity contribution in [2.45, 2.75) is 6.42 Å². The van der Waals surface area contributed by atoms with E-state index in [4.69, 9.17) is 4.74 Å². The zero-order valence-electron chi connectivity index (χ0n) is 9.99. The molecule has 2 N–H and O–H groups in total. The first-order valence-electron chi connectivity index (χ1n) is 5.80. The van der Waals surface area contributed by atoms with Gasteiger partial charge in [0.2, 0.25) is 0 Å². The van der Waals surface area contributed by atoms with Crippen LogP contribution in [0.2, 0.25) is 0 Å². The summed E-state index contributed by atoms with van der Waals surface area (Å²) < 4.78 is 5.25. The number of hydrogen-bond acceptors (Lipinski definition) is 3. The van der Waals surface area contributed by atoms with E-state index in [1.54, 1.807) is 7.11 Å². The average Bonchev–Trinajstić information content (AvgIpc) is 2.77. The molecule has 1 aromatic heterocycles. The van der Waals surface area contributed by atoms with Crippen LogP contribution >= 0.6 is 12.6 Å². The summed E-state index contributed by atoms with van der Waals surface area (Å²) in [5.74, 6) is 1.78. The number of fused-ring (bicyclic) bond motifs is 1. The molecule has 0 spiro atoms.